The van der Waals surface area contributed by atoms with Gasteiger partial charge in [0.25, 0.3) is 0 Å². The van der Waals surface area contributed by atoms with Crippen LogP contribution in [0.2, 0.25) is 5.02 Å². The third kappa shape index (κ3) is 2.67. The zero-order valence-corrected chi connectivity index (χ0v) is 12.1. The number of carbonyl (C=O) groups is 1. The number of benzene rings is 1. The Morgan fingerprint density at radius 2 is 2.35 bits per heavy atom. The molecular formula is C15H17ClN2O2. The van der Waals surface area contributed by atoms with Crippen LogP contribution in [-0.2, 0) is 16.1 Å². The molecule has 1 aromatic heterocycles. The first-order valence-corrected chi connectivity index (χ1v) is 7.14. The molecule has 4 nitrogen and oxygen atoms in total. The van der Waals surface area contributed by atoms with Crippen LogP contribution in [0.25, 0.3) is 10.9 Å². The maximum atomic E-state index is 11.9. The second kappa shape index (κ2) is 5.46. The first-order chi connectivity index (χ1) is 9.63. The summed E-state index contributed by atoms with van der Waals surface area (Å²) in [5, 5.41) is 4.77. The number of hydrogen-bond donors (Lipinski definition) is 2. The average molecular weight is 293 g/mol. The van der Waals surface area contributed by atoms with Crippen molar-refractivity contribution < 1.29 is 9.53 Å². The number of nitrogens with one attached hydrogen (secondary N) is 2. The number of aromatic amines is 1. The van der Waals surface area contributed by atoms with E-state index >= 15 is 0 Å². The molecule has 0 bridgehead atoms. The zero-order chi connectivity index (χ0) is 14.1. The van der Waals surface area contributed by atoms with Crippen LogP contribution in [0.3, 0.4) is 0 Å². The summed E-state index contributed by atoms with van der Waals surface area (Å²) in [5.74, 6) is 0.0615. The van der Waals surface area contributed by atoms with Gasteiger partial charge >= 0.3 is 0 Å². The van der Waals surface area contributed by atoms with E-state index in [2.05, 4.69) is 10.3 Å². The molecule has 1 amide bonds. The number of H-pyrrole nitrogens is 1. The van der Waals surface area contributed by atoms with E-state index in [0.717, 1.165) is 33.6 Å². The molecule has 3 rings (SSSR count). The van der Waals surface area contributed by atoms with Crippen LogP contribution in [0.5, 0.6) is 0 Å². The lowest BCUT2D eigenvalue weighted by atomic mass is 10.1. The van der Waals surface area contributed by atoms with Crippen LogP contribution in [0.1, 0.15) is 17.7 Å². The molecule has 0 radical (unpaired) electrons. The van der Waals surface area contributed by atoms with Crippen LogP contribution < -0.4 is 5.32 Å². The number of aryl methyl sites for hydroxylation is 1. The molecule has 0 spiro atoms. The van der Waals surface area contributed by atoms with E-state index in [-0.39, 0.29) is 11.8 Å². The first-order valence-electron chi connectivity index (χ1n) is 6.76. The summed E-state index contributed by atoms with van der Waals surface area (Å²) < 4.78 is 5.22. The SMILES string of the molecule is Cc1cc2[nH]c(CNC(=O)[C@@H]3CCOC3)cc2cc1Cl. The molecule has 0 aliphatic carbocycles. The minimum Gasteiger partial charge on any atom is -0.381 e. The van der Waals surface area contributed by atoms with Crippen molar-refractivity contribution in [2.45, 2.75) is 19.9 Å². The van der Waals surface area contributed by atoms with Gasteiger partial charge in [-0.25, -0.2) is 0 Å². The van der Waals surface area contributed by atoms with Crippen molar-refractivity contribution in [3.8, 4) is 0 Å². The lowest BCUT2D eigenvalue weighted by molar-refractivity contribution is -0.125. The molecule has 2 aromatic rings. The molecule has 5 heteroatoms. The number of aromatic nitrogens is 1. The van der Waals surface area contributed by atoms with Crippen LogP contribution in [0, 0.1) is 12.8 Å². The highest BCUT2D eigenvalue weighted by molar-refractivity contribution is 6.32. The summed E-state index contributed by atoms with van der Waals surface area (Å²) >= 11 is 6.11. The lowest BCUT2D eigenvalue weighted by Gasteiger charge is -2.07. The topological polar surface area (TPSA) is 54.1 Å². The summed E-state index contributed by atoms with van der Waals surface area (Å²) in [4.78, 5) is 15.2. The third-order valence-electron chi connectivity index (χ3n) is 3.71. The number of rotatable bonds is 3. The van der Waals surface area contributed by atoms with Gasteiger partial charge in [0.2, 0.25) is 5.91 Å². The summed E-state index contributed by atoms with van der Waals surface area (Å²) in [5.41, 5.74) is 3.06. The Morgan fingerprint density at radius 3 is 3.10 bits per heavy atom. The van der Waals surface area contributed by atoms with Crippen molar-refractivity contribution in [3.63, 3.8) is 0 Å². The second-order valence-corrected chi connectivity index (χ2v) is 5.67. The van der Waals surface area contributed by atoms with E-state index in [1.165, 1.54) is 0 Å². The summed E-state index contributed by atoms with van der Waals surface area (Å²) in [7, 11) is 0. The van der Waals surface area contributed by atoms with Gasteiger partial charge in [0.1, 0.15) is 0 Å². The molecule has 1 atom stereocenters. The Hall–Kier alpha value is -1.52. The summed E-state index contributed by atoms with van der Waals surface area (Å²) in [6.45, 7) is 3.69. The molecule has 1 aromatic carbocycles. The largest absolute Gasteiger partial charge is 0.381 e. The third-order valence-corrected chi connectivity index (χ3v) is 4.12. The van der Waals surface area contributed by atoms with Gasteiger partial charge in [0.05, 0.1) is 19.1 Å². The Labute approximate surface area is 122 Å². The Morgan fingerprint density at radius 1 is 1.50 bits per heavy atom. The van der Waals surface area contributed by atoms with Gasteiger partial charge < -0.3 is 15.0 Å². The molecule has 0 unspecified atom stereocenters. The zero-order valence-electron chi connectivity index (χ0n) is 11.3. The normalized spacial score (nSPS) is 18.6. The first kappa shape index (κ1) is 13.5. The molecule has 106 valence electrons. The number of fused-ring (bicyclic) bond motifs is 1. The summed E-state index contributed by atoms with van der Waals surface area (Å²) in [6.07, 6.45) is 0.813. The Kier molecular flexibility index (Phi) is 3.68. The Balaban J connectivity index is 1.69. The van der Waals surface area contributed by atoms with Crippen molar-refractivity contribution in [1.29, 1.82) is 0 Å². The van der Waals surface area contributed by atoms with Gasteiger partial charge in [-0.15, -0.1) is 0 Å². The minimum absolute atomic E-state index is 0.00364. The van der Waals surface area contributed by atoms with Crippen LogP contribution in [-0.4, -0.2) is 24.1 Å². The molecule has 2 N–H and O–H groups in total. The van der Waals surface area contributed by atoms with E-state index in [9.17, 15) is 4.79 Å². The molecule has 20 heavy (non-hydrogen) atoms. The predicted octanol–water partition coefficient (Wildman–Crippen LogP) is 2.78. The highest BCUT2D eigenvalue weighted by Gasteiger charge is 2.23. The van der Waals surface area contributed by atoms with Crippen LogP contribution in [0.15, 0.2) is 18.2 Å². The van der Waals surface area contributed by atoms with Crippen molar-refractivity contribution in [2.24, 2.45) is 5.92 Å². The second-order valence-electron chi connectivity index (χ2n) is 5.26. The number of ether oxygens (including phenoxy) is 1. The van der Waals surface area contributed by atoms with Crippen molar-refractivity contribution in [2.75, 3.05) is 13.2 Å². The number of halogens is 1. The molecule has 1 fully saturated rings. The quantitative estimate of drug-likeness (QED) is 0.914. The van der Waals surface area contributed by atoms with E-state index in [0.29, 0.717) is 19.8 Å². The number of carbonyl (C=O) groups excluding carboxylic acids is 1. The molecule has 1 aliphatic rings. The monoisotopic (exact) mass is 292 g/mol. The molecule has 1 aliphatic heterocycles. The van der Waals surface area contributed by atoms with Crippen LogP contribution in [0.4, 0.5) is 0 Å². The number of hydrogen-bond acceptors (Lipinski definition) is 2. The summed E-state index contributed by atoms with van der Waals surface area (Å²) in [6, 6.07) is 5.98. The highest BCUT2D eigenvalue weighted by Crippen LogP contribution is 2.24. The van der Waals surface area contributed by atoms with E-state index in [1.807, 2.05) is 25.1 Å². The maximum Gasteiger partial charge on any atom is 0.225 e. The lowest BCUT2D eigenvalue weighted by Crippen LogP contribution is -2.30. The van der Waals surface area contributed by atoms with Gasteiger partial charge in [-0.1, -0.05) is 11.6 Å². The average Bonchev–Trinajstić information content (AvgIpc) is 3.05. The predicted molar refractivity (Wildman–Crippen MR) is 78.8 cm³/mol. The minimum atomic E-state index is -0.00364. The maximum absolute atomic E-state index is 11.9. The smallest absolute Gasteiger partial charge is 0.225 e. The molecule has 2 heterocycles. The van der Waals surface area contributed by atoms with E-state index in [1.54, 1.807) is 0 Å². The van der Waals surface area contributed by atoms with E-state index < -0.39 is 0 Å². The number of amides is 1. The van der Waals surface area contributed by atoms with Crippen molar-refractivity contribution in [3.05, 3.63) is 34.5 Å². The Bertz CT molecular complexity index is 606. The van der Waals surface area contributed by atoms with E-state index in [4.69, 9.17) is 16.3 Å². The van der Waals surface area contributed by atoms with Gasteiger partial charge in [0, 0.05) is 28.2 Å². The molecule has 0 saturated carbocycles. The van der Waals surface area contributed by atoms with Crippen molar-refractivity contribution >= 4 is 28.4 Å². The highest BCUT2D eigenvalue weighted by atomic mass is 35.5. The van der Waals surface area contributed by atoms with Gasteiger partial charge in [-0.05, 0) is 37.1 Å². The van der Waals surface area contributed by atoms with Crippen molar-refractivity contribution in [1.82, 2.24) is 10.3 Å². The molecular weight excluding hydrogens is 276 g/mol. The van der Waals surface area contributed by atoms with Gasteiger partial charge in [-0.3, -0.25) is 4.79 Å². The molecule has 1 saturated heterocycles. The fourth-order valence-corrected chi connectivity index (χ4v) is 2.66. The van der Waals surface area contributed by atoms with Gasteiger partial charge in [0.15, 0.2) is 0 Å². The standard InChI is InChI=1S/C15H17ClN2O2/c1-9-4-14-11(6-13(9)16)5-12(18-14)7-17-15(19)10-2-3-20-8-10/h4-6,10,18H,2-3,7-8H2,1H3,(H,17,19)/t10-/m1/s1. The fraction of sp³-hybridized carbons (Fsp3) is 0.400. The van der Waals surface area contributed by atoms with Gasteiger partial charge in [-0.2, -0.15) is 0 Å². The van der Waals surface area contributed by atoms with Crippen LogP contribution >= 0.6 is 11.6 Å². The fourth-order valence-electron chi connectivity index (χ4n) is 2.48.